The van der Waals surface area contributed by atoms with Crippen molar-refractivity contribution >= 4 is 11.8 Å². The van der Waals surface area contributed by atoms with Crippen LogP contribution in [-0.4, -0.2) is 21.0 Å². The van der Waals surface area contributed by atoms with E-state index in [4.69, 9.17) is 4.74 Å². The number of aryl methyl sites for hydroxylation is 1. The van der Waals surface area contributed by atoms with E-state index < -0.39 is 0 Å². The van der Waals surface area contributed by atoms with Gasteiger partial charge in [0.05, 0.1) is 12.4 Å². The first-order chi connectivity index (χ1) is 5.84. The van der Waals surface area contributed by atoms with E-state index in [0.717, 1.165) is 5.75 Å². The van der Waals surface area contributed by atoms with E-state index in [1.54, 1.807) is 10.9 Å². The third kappa shape index (κ3) is 1.75. The Bertz CT molecular complexity index is 255. The summed E-state index contributed by atoms with van der Waals surface area (Å²) in [5, 5.41) is 4.04. The van der Waals surface area contributed by atoms with Gasteiger partial charge in [-0.2, -0.15) is 5.10 Å². The fraction of sp³-hybridized carbons (Fsp3) is 0.625. The Labute approximate surface area is 76.1 Å². The summed E-state index contributed by atoms with van der Waals surface area (Å²) in [6, 6.07) is 0. The molecule has 0 amide bonds. The Hall–Kier alpha value is -0.640. The zero-order valence-electron chi connectivity index (χ0n) is 7.06. The summed E-state index contributed by atoms with van der Waals surface area (Å²) < 4.78 is 7.43. The molecule has 1 saturated heterocycles. The van der Waals surface area contributed by atoms with Crippen molar-refractivity contribution in [2.75, 3.05) is 5.75 Å². The Morgan fingerprint density at radius 1 is 1.75 bits per heavy atom. The van der Waals surface area contributed by atoms with Gasteiger partial charge in [0.1, 0.15) is 5.44 Å². The highest BCUT2D eigenvalue weighted by Gasteiger charge is 2.17. The molecule has 1 aromatic rings. The van der Waals surface area contributed by atoms with Crippen molar-refractivity contribution < 1.29 is 4.74 Å². The second-order valence-corrected chi connectivity index (χ2v) is 4.18. The van der Waals surface area contributed by atoms with Crippen LogP contribution in [0.25, 0.3) is 0 Å². The van der Waals surface area contributed by atoms with Crippen LogP contribution in [0.1, 0.15) is 12.8 Å². The first-order valence-corrected chi connectivity index (χ1v) is 5.16. The SMILES string of the molecule is Cn1cc(OC2CCCS2)cn1. The van der Waals surface area contributed by atoms with Crippen molar-refractivity contribution in [3.05, 3.63) is 12.4 Å². The molecule has 66 valence electrons. The quantitative estimate of drug-likeness (QED) is 0.699. The largest absolute Gasteiger partial charge is 0.477 e. The van der Waals surface area contributed by atoms with Crippen molar-refractivity contribution in [2.45, 2.75) is 18.3 Å². The summed E-state index contributed by atoms with van der Waals surface area (Å²) in [6.07, 6.45) is 6.10. The maximum absolute atomic E-state index is 5.68. The lowest BCUT2D eigenvalue weighted by molar-refractivity contribution is 0.284. The highest BCUT2D eigenvalue weighted by Crippen LogP contribution is 2.28. The molecule has 1 fully saturated rings. The van der Waals surface area contributed by atoms with Gasteiger partial charge in [-0.15, -0.1) is 11.8 Å². The summed E-state index contributed by atoms with van der Waals surface area (Å²) in [7, 11) is 1.90. The van der Waals surface area contributed by atoms with Gasteiger partial charge < -0.3 is 4.74 Å². The Balaban J connectivity index is 1.94. The Morgan fingerprint density at radius 3 is 3.25 bits per heavy atom. The number of hydrogen-bond acceptors (Lipinski definition) is 3. The standard InChI is InChI=1S/C8H12N2OS/c1-10-6-7(5-9-10)11-8-3-2-4-12-8/h5-6,8H,2-4H2,1H3. The van der Waals surface area contributed by atoms with Crippen LogP contribution in [0.3, 0.4) is 0 Å². The molecule has 0 radical (unpaired) electrons. The smallest absolute Gasteiger partial charge is 0.158 e. The lowest BCUT2D eigenvalue weighted by atomic mass is 10.4. The molecule has 0 aromatic carbocycles. The van der Waals surface area contributed by atoms with E-state index in [2.05, 4.69) is 5.10 Å². The predicted molar refractivity (Wildman–Crippen MR) is 49.3 cm³/mol. The van der Waals surface area contributed by atoms with Crippen molar-refractivity contribution in [3.63, 3.8) is 0 Å². The van der Waals surface area contributed by atoms with E-state index in [9.17, 15) is 0 Å². The lowest BCUT2D eigenvalue weighted by Gasteiger charge is -2.08. The molecule has 3 nitrogen and oxygen atoms in total. The summed E-state index contributed by atoms with van der Waals surface area (Å²) in [5.41, 5.74) is 0.356. The topological polar surface area (TPSA) is 27.1 Å². The van der Waals surface area contributed by atoms with E-state index in [0.29, 0.717) is 5.44 Å². The highest BCUT2D eigenvalue weighted by atomic mass is 32.2. The maximum atomic E-state index is 5.68. The van der Waals surface area contributed by atoms with Crippen molar-refractivity contribution in [2.24, 2.45) is 7.05 Å². The minimum Gasteiger partial charge on any atom is -0.477 e. The van der Waals surface area contributed by atoms with Gasteiger partial charge in [0.2, 0.25) is 0 Å². The Kier molecular flexibility index (Phi) is 2.26. The molecule has 0 aliphatic carbocycles. The molecule has 0 spiro atoms. The van der Waals surface area contributed by atoms with Gasteiger partial charge in [0.25, 0.3) is 0 Å². The van der Waals surface area contributed by atoms with Crippen LogP contribution in [0, 0.1) is 0 Å². The van der Waals surface area contributed by atoms with Gasteiger partial charge in [-0.05, 0) is 18.6 Å². The van der Waals surface area contributed by atoms with Gasteiger partial charge in [0, 0.05) is 7.05 Å². The van der Waals surface area contributed by atoms with E-state index in [-0.39, 0.29) is 0 Å². The molecule has 1 aromatic heterocycles. The van der Waals surface area contributed by atoms with Crippen LogP contribution in [0.5, 0.6) is 5.75 Å². The molecule has 2 rings (SSSR count). The maximum Gasteiger partial charge on any atom is 0.158 e. The molecular weight excluding hydrogens is 172 g/mol. The summed E-state index contributed by atoms with van der Waals surface area (Å²) in [5.74, 6) is 2.11. The zero-order valence-corrected chi connectivity index (χ0v) is 7.88. The zero-order chi connectivity index (χ0) is 8.39. The minimum atomic E-state index is 0.356. The highest BCUT2D eigenvalue weighted by molar-refractivity contribution is 8.00. The van der Waals surface area contributed by atoms with Crippen molar-refractivity contribution in [1.29, 1.82) is 0 Å². The first kappa shape index (κ1) is 7.98. The van der Waals surface area contributed by atoms with Crippen molar-refractivity contribution in [1.82, 2.24) is 9.78 Å². The van der Waals surface area contributed by atoms with Gasteiger partial charge >= 0.3 is 0 Å². The number of nitrogens with zero attached hydrogens (tertiary/aromatic N) is 2. The molecule has 1 unspecified atom stereocenters. The van der Waals surface area contributed by atoms with Crippen LogP contribution in [0.4, 0.5) is 0 Å². The number of rotatable bonds is 2. The van der Waals surface area contributed by atoms with Gasteiger partial charge in [-0.25, -0.2) is 0 Å². The average Bonchev–Trinajstić information content (AvgIpc) is 2.63. The normalized spacial score (nSPS) is 22.9. The van der Waals surface area contributed by atoms with Crippen LogP contribution in [0.15, 0.2) is 12.4 Å². The van der Waals surface area contributed by atoms with E-state index in [1.165, 1.54) is 18.6 Å². The fourth-order valence-corrected chi connectivity index (χ4v) is 2.36. The van der Waals surface area contributed by atoms with Gasteiger partial charge in [-0.1, -0.05) is 0 Å². The number of thioether (sulfide) groups is 1. The molecular formula is C8H12N2OS. The van der Waals surface area contributed by atoms with Gasteiger partial charge in [-0.3, -0.25) is 4.68 Å². The third-order valence-corrected chi connectivity index (χ3v) is 3.06. The van der Waals surface area contributed by atoms with Crippen LogP contribution in [0.2, 0.25) is 0 Å². The molecule has 2 heterocycles. The monoisotopic (exact) mass is 184 g/mol. The fourth-order valence-electron chi connectivity index (χ4n) is 1.25. The molecule has 12 heavy (non-hydrogen) atoms. The number of ether oxygens (including phenoxy) is 1. The molecule has 1 aliphatic rings. The third-order valence-electron chi connectivity index (χ3n) is 1.84. The molecule has 1 atom stereocenters. The van der Waals surface area contributed by atoms with Crippen LogP contribution >= 0.6 is 11.8 Å². The summed E-state index contributed by atoms with van der Waals surface area (Å²) in [6.45, 7) is 0. The lowest BCUT2D eigenvalue weighted by Crippen LogP contribution is -2.06. The molecule has 0 N–H and O–H groups in total. The second kappa shape index (κ2) is 3.39. The molecule has 4 heteroatoms. The molecule has 0 bridgehead atoms. The number of hydrogen-bond donors (Lipinski definition) is 0. The number of aromatic nitrogens is 2. The second-order valence-electron chi connectivity index (χ2n) is 2.91. The predicted octanol–water partition coefficient (Wildman–Crippen LogP) is 1.65. The van der Waals surface area contributed by atoms with E-state index in [1.807, 2.05) is 25.0 Å². The average molecular weight is 184 g/mol. The minimum absolute atomic E-state index is 0.356. The van der Waals surface area contributed by atoms with Crippen molar-refractivity contribution in [3.8, 4) is 5.75 Å². The molecule has 1 aliphatic heterocycles. The summed E-state index contributed by atoms with van der Waals surface area (Å²) in [4.78, 5) is 0. The molecule has 0 saturated carbocycles. The van der Waals surface area contributed by atoms with Crippen LogP contribution < -0.4 is 4.74 Å². The summed E-state index contributed by atoms with van der Waals surface area (Å²) >= 11 is 1.89. The van der Waals surface area contributed by atoms with Crippen LogP contribution in [-0.2, 0) is 7.05 Å². The Morgan fingerprint density at radius 2 is 2.67 bits per heavy atom. The first-order valence-electron chi connectivity index (χ1n) is 4.11. The van der Waals surface area contributed by atoms with Gasteiger partial charge in [0.15, 0.2) is 5.75 Å². The van der Waals surface area contributed by atoms with E-state index >= 15 is 0 Å².